The lowest BCUT2D eigenvalue weighted by molar-refractivity contribution is 0.155. The predicted octanol–water partition coefficient (Wildman–Crippen LogP) is 2.24. The standard InChI is InChI=1S/C12H18O3/c1-3-14-11-4-6-12(7-5-11)15-9-8-10(2)13/h4-7,10,13H,3,8-9H2,1-2H3. The summed E-state index contributed by atoms with van der Waals surface area (Å²) in [7, 11) is 0. The summed E-state index contributed by atoms with van der Waals surface area (Å²) in [5, 5.41) is 9.04. The third-order valence-corrected chi connectivity index (χ3v) is 1.94. The summed E-state index contributed by atoms with van der Waals surface area (Å²) in [6, 6.07) is 7.49. The Hall–Kier alpha value is -1.22. The van der Waals surface area contributed by atoms with Crippen LogP contribution in [0.3, 0.4) is 0 Å². The number of hydrogen-bond donors (Lipinski definition) is 1. The minimum Gasteiger partial charge on any atom is -0.494 e. The van der Waals surface area contributed by atoms with Gasteiger partial charge in [-0.25, -0.2) is 0 Å². The summed E-state index contributed by atoms with van der Waals surface area (Å²) >= 11 is 0. The van der Waals surface area contributed by atoms with E-state index < -0.39 is 0 Å². The molecule has 15 heavy (non-hydrogen) atoms. The van der Waals surface area contributed by atoms with Gasteiger partial charge in [0.05, 0.1) is 19.3 Å². The highest BCUT2D eigenvalue weighted by molar-refractivity contribution is 5.31. The Morgan fingerprint density at radius 2 is 1.67 bits per heavy atom. The third-order valence-electron chi connectivity index (χ3n) is 1.94. The summed E-state index contributed by atoms with van der Waals surface area (Å²) in [5.74, 6) is 1.65. The molecule has 0 heterocycles. The molecule has 0 saturated carbocycles. The average molecular weight is 210 g/mol. The summed E-state index contributed by atoms with van der Waals surface area (Å²) < 4.78 is 10.7. The molecule has 1 unspecified atom stereocenters. The van der Waals surface area contributed by atoms with E-state index >= 15 is 0 Å². The van der Waals surface area contributed by atoms with Crippen LogP contribution in [-0.2, 0) is 0 Å². The van der Waals surface area contributed by atoms with E-state index in [1.165, 1.54) is 0 Å². The van der Waals surface area contributed by atoms with E-state index in [1.807, 2.05) is 31.2 Å². The van der Waals surface area contributed by atoms with Crippen molar-refractivity contribution in [1.82, 2.24) is 0 Å². The van der Waals surface area contributed by atoms with Crippen LogP contribution in [0.15, 0.2) is 24.3 Å². The summed E-state index contributed by atoms with van der Waals surface area (Å²) in [6.45, 7) is 4.91. The molecular formula is C12H18O3. The summed E-state index contributed by atoms with van der Waals surface area (Å²) in [6.07, 6.45) is 0.334. The maximum atomic E-state index is 9.04. The number of rotatable bonds is 6. The number of hydrogen-bond acceptors (Lipinski definition) is 3. The van der Waals surface area contributed by atoms with Crippen LogP contribution >= 0.6 is 0 Å². The minimum atomic E-state index is -0.312. The molecule has 0 amide bonds. The van der Waals surface area contributed by atoms with Crippen molar-refractivity contribution >= 4 is 0 Å². The van der Waals surface area contributed by atoms with Gasteiger partial charge in [-0.1, -0.05) is 0 Å². The average Bonchev–Trinajstić information content (AvgIpc) is 2.20. The Bertz CT molecular complexity index is 267. The highest BCUT2D eigenvalue weighted by Gasteiger charge is 1.98. The smallest absolute Gasteiger partial charge is 0.119 e. The molecule has 1 aromatic rings. The Balaban J connectivity index is 2.36. The normalized spacial score (nSPS) is 12.2. The van der Waals surface area contributed by atoms with Crippen molar-refractivity contribution in [3.63, 3.8) is 0 Å². The van der Waals surface area contributed by atoms with Gasteiger partial charge in [0.15, 0.2) is 0 Å². The van der Waals surface area contributed by atoms with Crippen molar-refractivity contribution in [1.29, 1.82) is 0 Å². The first-order chi connectivity index (χ1) is 7.22. The van der Waals surface area contributed by atoms with Crippen LogP contribution in [0, 0.1) is 0 Å². The SMILES string of the molecule is CCOc1ccc(OCCC(C)O)cc1. The molecule has 0 aliphatic carbocycles. The van der Waals surface area contributed by atoms with Gasteiger partial charge < -0.3 is 14.6 Å². The molecule has 0 saturated heterocycles. The topological polar surface area (TPSA) is 38.7 Å². The molecule has 1 rings (SSSR count). The minimum absolute atomic E-state index is 0.312. The first kappa shape index (κ1) is 11.9. The number of aliphatic hydroxyl groups excluding tert-OH is 1. The Morgan fingerprint density at radius 1 is 1.13 bits per heavy atom. The maximum absolute atomic E-state index is 9.04. The number of benzene rings is 1. The highest BCUT2D eigenvalue weighted by Crippen LogP contribution is 2.17. The fourth-order valence-electron chi connectivity index (χ4n) is 1.15. The second-order valence-corrected chi connectivity index (χ2v) is 3.39. The Labute approximate surface area is 90.6 Å². The van der Waals surface area contributed by atoms with E-state index in [2.05, 4.69) is 0 Å². The van der Waals surface area contributed by atoms with Crippen LogP contribution in [0.4, 0.5) is 0 Å². The molecule has 0 bridgehead atoms. The molecule has 0 spiro atoms. The summed E-state index contributed by atoms with van der Waals surface area (Å²) in [5.41, 5.74) is 0. The zero-order valence-electron chi connectivity index (χ0n) is 9.27. The molecule has 0 radical (unpaired) electrons. The second-order valence-electron chi connectivity index (χ2n) is 3.39. The second kappa shape index (κ2) is 6.30. The fraction of sp³-hybridized carbons (Fsp3) is 0.500. The van der Waals surface area contributed by atoms with Crippen LogP contribution in [0.5, 0.6) is 11.5 Å². The van der Waals surface area contributed by atoms with Crippen LogP contribution in [0.25, 0.3) is 0 Å². The largest absolute Gasteiger partial charge is 0.494 e. The molecule has 1 N–H and O–H groups in total. The van der Waals surface area contributed by atoms with Crippen LogP contribution < -0.4 is 9.47 Å². The molecule has 0 fully saturated rings. The van der Waals surface area contributed by atoms with Gasteiger partial charge >= 0.3 is 0 Å². The first-order valence-electron chi connectivity index (χ1n) is 5.26. The van der Waals surface area contributed by atoms with Gasteiger partial charge in [0, 0.05) is 6.42 Å². The monoisotopic (exact) mass is 210 g/mol. The van der Waals surface area contributed by atoms with Crippen LogP contribution in [0.1, 0.15) is 20.3 Å². The van der Waals surface area contributed by atoms with Gasteiger partial charge in [0.25, 0.3) is 0 Å². The lowest BCUT2D eigenvalue weighted by atomic mass is 10.3. The van der Waals surface area contributed by atoms with Crippen molar-refractivity contribution in [3.8, 4) is 11.5 Å². The van der Waals surface area contributed by atoms with Crippen molar-refractivity contribution in [3.05, 3.63) is 24.3 Å². The quantitative estimate of drug-likeness (QED) is 0.782. The molecular weight excluding hydrogens is 192 g/mol. The molecule has 3 heteroatoms. The summed E-state index contributed by atoms with van der Waals surface area (Å²) in [4.78, 5) is 0. The molecule has 3 nitrogen and oxygen atoms in total. The van der Waals surface area contributed by atoms with E-state index in [0.29, 0.717) is 19.6 Å². The van der Waals surface area contributed by atoms with Crippen molar-refractivity contribution in [2.75, 3.05) is 13.2 Å². The molecule has 0 aliphatic rings. The van der Waals surface area contributed by atoms with Crippen LogP contribution in [0.2, 0.25) is 0 Å². The van der Waals surface area contributed by atoms with Crippen LogP contribution in [-0.4, -0.2) is 24.4 Å². The van der Waals surface area contributed by atoms with E-state index in [4.69, 9.17) is 14.6 Å². The molecule has 0 aromatic heterocycles. The van der Waals surface area contributed by atoms with Gasteiger partial charge in [0.2, 0.25) is 0 Å². The third kappa shape index (κ3) is 4.70. The maximum Gasteiger partial charge on any atom is 0.119 e. The van der Waals surface area contributed by atoms with Gasteiger partial charge in [-0.3, -0.25) is 0 Å². The van der Waals surface area contributed by atoms with E-state index in [9.17, 15) is 0 Å². The predicted molar refractivity (Wildman–Crippen MR) is 59.4 cm³/mol. The van der Waals surface area contributed by atoms with Crippen molar-refractivity contribution in [2.24, 2.45) is 0 Å². The first-order valence-corrected chi connectivity index (χ1v) is 5.26. The van der Waals surface area contributed by atoms with E-state index in [-0.39, 0.29) is 6.10 Å². The highest BCUT2D eigenvalue weighted by atomic mass is 16.5. The lowest BCUT2D eigenvalue weighted by Gasteiger charge is -2.08. The Morgan fingerprint density at radius 3 is 2.13 bits per heavy atom. The van der Waals surface area contributed by atoms with E-state index in [0.717, 1.165) is 11.5 Å². The number of aliphatic hydroxyl groups is 1. The molecule has 0 aliphatic heterocycles. The van der Waals surface area contributed by atoms with Crippen molar-refractivity contribution in [2.45, 2.75) is 26.4 Å². The van der Waals surface area contributed by atoms with E-state index in [1.54, 1.807) is 6.92 Å². The zero-order valence-corrected chi connectivity index (χ0v) is 9.27. The Kier molecular flexibility index (Phi) is 4.98. The van der Waals surface area contributed by atoms with Gasteiger partial charge in [-0.2, -0.15) is 0 Å². The molecule has 1 atom stereocenters. The van der Waals surface area contributed by atoms with Crippen molar-refractivity contribution < 1.29 is 14.6 Å². The van der Waals surface area contributed by atoms with Gasteiger partial charge in [0.1, 0.15) is 11.5 Å². The number of ether oxygens (including phenoxy) is 2. The van der Waals surface area contributed by atoms with Gasteiger partial charge in [-0.15, -0.1) is 0 Å². The lowest BCUT2D eigenvalue weighted by Crippen LogP contribution is -2.07. The molecule has 1 aromatic carbocycles. The fourth-order valence-corrected chi connectivity index (χ4v) is 1.15. The van der Waals surface area contributed by atoms with Gasteiger partial charge in [-0.05, 0) is 38.1 Å². The zero-order chi connectivity index (χ0) is 11.1. The molecule has 84 valence electrons.